The molecule has 3 fully saturated rings. The van der Waals surface area contributed by atoms with Gasteiger partial charge in [-0.25, -0.2) is 13.4 Å². The Morgan fingerprint density at radius 3 is 2.28 bits per heavy atom. The molecule has 57 heavy (non-hydrogen) atoms. The Hall–Kier alpha value is -4.78. The maximum Gasteiger partial charge on any atom is 0.307 e. The van der Waals surface area contributed by atoms with Crippen molar-refractivity contribution in [1.82, 2.24) is 15.2 Å². The minimum atomic E-state index is -3.66. The van der Waals surface area contributed by atoms with Crippen molar-refractivity contribution in [2.45, 2.75) is 102 Å². The number of rotatable bonds is 14. The summed E-state index contributed by atoms with van der Waals surface area (Å²) in [5.41, 5.74) is -0.313. The number of hydrogen-bond donors (Lipinski definition) is 1. The zero-order valence-corrected chi connectivity index (χ0v) is 35.1. The minimum Gasteiger partial charge on any atom is -0.472 e. The summed E-state index contributed by atoms with van der Waals surface area (Å²) in [6.45, 7) is 14.7. The summed E-state index contributed by atoms with van der Waals surface area (Å²) in [6, 6.07) is 16.6. The molecule has 0 unspecified atom stereocenters. The lowest BCUT2D eigenvalue weighted by Crippen LogP contribution is -2.55. The molecule has 2 saturated carbocycles. The van der Waals surface area contributed by atoms with E-state index in [1.54, 1.807) is 26.8 Å². The predicted molar refractivity (Wildman–Crippen MR) is 220 cm³/mol. The van der Waals surface area contributed by atoms with Crippen LogP contribution in [0.3, 0.4) is 0 Å². The van der Waals surface area contributed by atoms with Crippen LogP contribution >= 0.6 is 0 Å². The fraction of sp³-hybridized carbons (Fsp3) is 0.523. The fourth-order valence-corrected chi connectivity index (χ4v) is 9.36. The second kappa shape index (κ2) is 15.5. The van der Waals surface area contributed by atoms with Gasteiger partial charge in [-0.1, -0.05) is 57.2 Å². The molecule has 306 valence electrons. The smallest absolute Gasteiger partial charge is 0.307 e. The topological polar surface area (TPSA) is 152 Å². The Balaban J connectivity index is 1.33. The molecule has 3 aromatic rings. The van der Waals surface area contributed by atoms with Gasteiger partial charge in [-0.3, -0.25) is 19.2 Å². The van der Waals surface area contributed by atoms with Crippen molar-refractivity contribution in [3.63, 3.8) is 0 Å². The van der Waals surface area contributed by atoms with Crippen molar-refractivity contribution >= 4 is 49.9 Å². The number of ether oxygens (including phenoxy) is 2. The Bertz CT molecular complexity index is 2170. The van der Waals surface area contributed by atoms with E-state index in [1.807, 2.05) is 94.4 Å². The van der Waals surface area contributed by atoms with E-state index in [4.69, 9.17) is 14.5 Å². The first-order valence-corrected chi connectivity index (χ1v) is 21.4. The molecule has 2 heterocycles. The second-order valence-electron chi connectivity index (χ2n) is 18.1. The van der Waals surface area contributed by atoms with E-state index < -0.39 is 84.9 Å². The van der Waals surface area contributed by atoms with E-state index in [2.05, 4.69) is 11.9 Å². The number of carbonyl (C=O) groups is 4. The number of esters is 1. The number of pyridine rings is 1. The monoisotopic (exact) mass is 800 g/mol. The Morgan fingerprint density at radius 1 is 1.04 bits per heavy atom. The van der Waals surface area contributed by atoms with Gasteiger partial charge < -0.3 is 24.6 Å². The number of likely N-dealkylation sites (tertiary alicyclic amines) is 1. The lowest BCUT2D eigenvalue weighted by Gasteiger charge is -2.35. The lowest BCUT2D eigenvalue weighted by atomic mass is 9.77. The van der Waals surface area contributed by atoms with Crippen molar-refractivity contribution < 1.29 is 37.1 Å². The number of sulfone groups is 1. The molecular formula is C44H56N4O8S. The molecule has 0 bridgehead atoms. The van der Waals surface area contributed by atoms with Gasteiger partial charge in [0.05, 0.1) is 29.8 Å². The average Bonchev–Trinajstić information content (AvgIpc) is 4.06. The van der Waals surface area contributed by atoms with Crippen LogP contribution in [0.1, 0.15) is 73.6 Å². The molecule has 6 rings (SSSR count). The van der Waals surface area contributed by atoms with Crippen LogP contribution in [-0.2, 0) is 33.8 Å². The molecule has 1 N–H and O–H groups in total. The number of carbonyl (C=O) groups excluding carboxylic acids is 4. The van der Waals surface area contributed by atoms with Crippen LogP contribution < -0.4 is 15.0 Å². The third kappa shape index (κ3) is 9.35. The SMILES string of the molecule is C=C[C@@H]1C[C@]1(NC(=O)[C@@H]1C[C@@H](Oc2nc(-c3ccc(N(C)C)cc3)cc3ccccc23)CN1C(=O)[C@@H](CC(=O)OC(C)(C)C)C(C)(C)C)C(=O)CS(=O)(=O)C1CC1. The molecule has 13 heteroatoms. The van der Waals surface area contributed by atoms with Crippen LogP contribution in [0.15, 0.2) is 67.3 Å². The van der Waals surface area contributed by atoms with Gasteiger partial charge in [-0.2, -0.15) is 0 Å². The molecule has 1 aliphatic heterocycles. The van der Waals surface area contributed by atoms with Crippen LogP contribution in [0.5, 0.6) is 5.88 Å². The van der Waals surface area contributed by atoms with E-state index in [0.29, 0.717) is 24.4 Å². The van der Waals surface area contributed by atoms with Gasteiger partial charge in [0.2, 0.25) is 17.7 Å². The summed E-state index contributed by atoms with van der Waals surface area (Å²) >= 11 is 0. The molecule has 2 aliphatic carbocycles. The summed E-state index contributed by atoms with van der Waals surface area (Å²) in [5, 5.41) is 4.01. The molecule has 2 aromatic carbocycles. The predicted octanol–water partition coefficient (Wildman–Crippen LogP) is 5.92. The largest absolute Gasteiger partial charge is 0.472 e. The number of nitrogens with one attached hydrogen (secondary N) is 1. The average molecular weight is 801 g/mol. The molecular weight excluding hydrogens is 745 g/mol. The van der Waals surface area contributed by atoms with Gasteiger partial charge in [0.25, 0.3) is 0 Å². The molecule has 2 amide bonds. The third-order valence-electron chi connectivity index (χ3n) is 11.2. The number of benzene rings is 2. The molecule has 3 aliphatic rings. The number of ketones is 1. The van der Waals surface area contributed by atoms with E-state index in [-0.39, 0.29) is 25.8 Å². The van der Waals surface area contributed by atoms with Crippen molar-refractivity contribution in [2.75, 3.05) is 31.3 Å². The van der Waals surface area contributed by atoms with Crippen LogP contribution in [0.25, 0.3) is 22.0 Å². The highest BCUT2D eigenvalue weighted by Gasteiger charge is 2.61. The van der Waals surface area contributed by atoms with E-state index in [9.17, 15) is 27.6 Å². The maximum absolute atomic E-state index is 14.7. The Labute approximate surface area is 336 Å². The summed E-state index contributed by atoms with van der Waals surface area (Å²) in [7, 11) is 0.287. The number of Topliss-reactive ketones (excluding diaryl/α,β-unsaturated/α-hetero) is 1. The molecule has 1 saturated heterocycles. The molecule has 0 radical (unpaired) electrons. The van der Waals surface area contributed by atoms with Gasteiger partial charge in [0.1, 0.15) is 29.0 Å². The Morgan fingerprint density at radius 2 is 1.70 bits per heavy atom. The van der Waals surface area contributed by atoms with E-state index >= 15 is 0 Å². The number of aromatic nitrogens is 1. The first-order chi connectivity index (χ1) is 26.6. The van der Waals surface area contributed by atoms with E-state index in [1.165, 1.54) is 4.90 Å². The van der Waals surface area contributed by atoms with Gasteiger partial charge in [-0.15, -0.1) is 6.58 Å². The van der Waals surface area contributed by atoms with Crippen molar-refractivity contribution in [3.05, 3.63) is 67.3 Å². The normalized spacial score (nSPS) is 22.7. The molecule has 5 atom stereocenters. The molecule has 12 nitrogen and oxygen atoms in total. The quantitative estimate of drug-likeness (QED) is 0.154. The van der Waals surface area contributed by atoms with Crippen molar-refractivity contribution in [2.24, 2.45) is 17.3 Å². The van der Waals surface area contributed by atoms with Crippen LogP contribution in [0, 0.1) is 17.3 Å². The number of amides is 2. The highest BCUT2D eigenvalue weighted by Crippen LogP contribution is 2.47. The lowest BCUT2D eigenvalue weighted by molar-refractivity contribution is -0.161. The van der Waals surface area contributed by atoms with Crippen LogP contribution in [0.2, 0.25) is 0 Å². The number of hydrogen-bond acceptors (Lipinski definition) is 10. The minimum absolute atomic E-state index is 0.00250. The fourth-order valence-electron chi connectivity index (χ4n) is 7.65. The number of fused-ring (bicyclic) bond motifs is 1. The van der Waals surface area contributed by atoms with Gasteiger partial charge in [-0.05, 0) is 75.1 Å². The summed E-state index contributed by atoms with van der Waals surface area (Å²) in [6.07, 6.45) is 1.95. The van der Waals surface area contributed by atoms with Crippen LogP contribution in [0.4, 0.5) is 5.69 Å². The molecule has 1 aromatic heterocycles. The summed E-state index contributed by atoms with van der Waals surface area (Å²) < 4.78 is 38.1. The highest BCUT2D eigenvalue weighted by atomic mass is 32.2. The second-order valence-corrected chi connectivity index (χ2v) is 20.4. The standard InChI is InChI=1S/C44H56N4O8S/c1-10-29-24-44(29,37(49)26-57(53,54)32-19-20-32)46-39(51)36-22-31(25-48(36)41(52)34(42(2,3)4)23-38(50)56-43(5,6)7)55-40-33-14-12-11-13-28(33)21-35(45-40)27-15-17-30(18-16-27)47(8)9/h10-18,21,29,31-32,34,36H,1,19-20,22-26H2,2-9H3,(H,46,51)/t29-,31-,34-,36+,44-/m1/s1. The summed E-state index contributed by atoms with van der Waals surface area (Å²) in [5.74, 6) is -3.81. The van der Waals surface area contributed by atoms with Crippen LogP contribution in [-0.4, -0.2) is 96.8 Å². The summed E-state index contributed by atoms with van der Waals surface area (Å²) in [4.78, 5) is 64.5. The van der Waals surface area contributed by atoms with Gasteiger partial charge in [0, 0.05) is 43.1 Å². The van der Waals surface area contributed by atoms with Crippen molar-refractivity contribution in [1.29, 1.82) is 0 Å². The first-order valence-electron chi connectivity index (χ1n) is 19.7. The van der Waals surface area contributed by atoms with Gasteiger partial charge >= 0.3 is 5.97 Å². The zero-order valence-electron chi connectivity index (χ0n) is 34.3. The zero-order chi connectivity index (χ0) is 41.7. The number of nitrogens with zero attached hydrogens (tertiary/aromatic N) is 3. The third-order valence-corrected chi connectivity index (χ3v) is 13.3. The van der Waals surface area contributed by atoms with E-state index in [0.717, 1.165) is 22.0 Å². The highest BCUT2D eigenvalue weighted by molar-refractivity contribution is 7.93. The molecule has 0 spiro atoms. The Kier molecular flexibility index (Phi) is 11.4. The first kappa shape index (κ1) is 41.8. The van der Waals surface area contributed by atoms with Crippen molar-refractivity contribution in [3.8, 4) is 17.1 Å². The number of anilines is 1. The maximum atomic E-state index is 14.7. The van der Waals surface area contributed by atoms with Gasteiger partial charge in [0.15, 0.2) is 15.6 Å².